The molecule has 0 unspecified atom stereocenters. The molecule has 0 radical (unpaired) electrons. The molecule has 1 aliphatic carbocycles. The van der Waals surface area contributed by atoms with Crippen LogP contribution in [0.25, 0.3) is 0 Å². The van der Waals surface area contributed by atoms with E-state index in [0.29, 0.717) is 12.0 Å². The third-order valence-corrected chi connectivity index (χ3v) is 5.54. The van der Waals surface area contributed by atoms with Gasteiger partial charge in [0.25, 0.3) is 0 Å². The van der Waals surface area contributed by atoms with E-state index in [1.807, 2.05) is 4.68 Å². The average molecular weight is 303 g/mol. The number of amides is 1. The van der Waals surface area contributed by atoms with E-state index in [2.05, 4.69) is 19.9 Å². The van der Waals surface area contributed by atoms with Crippen molar-refractivity contribution in [3.8, 4) is 0 Å². The van der Waals surface area contributed by atoms with Crippen LogP contribution >= 0.6 is 0 Å². The molecule has 0 N–H and O–H groups in total. The highest BCUT2D eigenvalue weighted by molar-refractivity contribution is 5.74. The SMILES string of the molecule is CC(=O)N1[C@@H](Cn2cncn2)C[C@H]2CN(CC3CC3)CC[C@H]21. The molecule has 2 aliphatic heterocycles. The minimum atomic E-state index is 0.216. The Bertz CT molecular complexity index is 527. The first-order valence-corrected chi connectivity index (χ1v) is 8.54. The van der Waals surface area contributed by atoms with Gasteiger partial charge >= 0.3 is 0 Å². The van der Waals surface area contributed by atoms with E-state index in [1.54, 1.807) is 19.6 Å². The van der Waals surface area contributed by atoms with E-state index in [4.69, 9.17) is 0 Å². The predicted molar refractivity (Wildman–Crippen MR) is 82.0 cm³/mol. The molecule has 0 bridgehead atoms. The summed E-state index contributed by atoms with van der Waals surface area (Å²) in [6.45, 7) is 6.08. The minimum Gasteiger partial charge on any atom is -0.335 e. The maximum absolute atomic E-state index is 12.2. The van der Waals surface area contributed by atoms with Gasteiger partial charge < -0.3 is 9.80 Å². The number of likely N-dealkylation sites (tertiary alicyclic amines) is 2. The maximum atomic E-state index is 12.2. The standard InChI is InChI=1S/C16H25N5O/c1-12(22)21-15(9-20-11-17-10-18-20)6-14-8-19(5-4-16(14)21)7-13-2-3-13/h10-11,13-16H,2-9H2,1H3/t14-,15+,16+/m0/s1. The van der Waals surface area contributed by atoms with E-state index >= 15 is 0 Å². The molecule has 120 valence electrons. The minimum absolute atomic E-state index is 0.216. The number of rotatable bonds is 4. The van der Waals surface area contributed by atoms with Crippen LogP contribution in [-0.2, 0) is 11.3 Å². The lowest BCUT2D eigenvalue weighted by Crippen LogP contribution is -2.49. The van der Waals surface area contributed by atoms with Crippen molar-refractivity contribution < 1.29 is 4.79 Å². The zero-order valence-electron chi connectivity index (χ0n) is 13.3. The summed E-state index contributed by atoms with van der Waals surface area (Å²) in [4.78, 5) is 21.0. The predicted octanol–water partition coefficient (Wildman–Crippen LogP) is 0.999. The molecule has 3 atom stereocenters. The van der Waals surface area contributed by atoms with Gasteiger partial charge in [-0.1, -0.05) is 0 Å². The lowest BCUT2D eigenvalue weighted by atomic mass is 9.92. The van der Waals surface area contributed by atoms with Crippen LogP contribution in [0.2, 0.25) is 0 Å². The van der Waals surface area contributed by atoms with Crippen molar-refractivity contribution in [2.24, 2.45) is 11.8 Å². The summed E-state index contributed by atoms with van der Waals surface area (Å²) < 4.78 is 1.86. The van der Waals surface area contributed by atoms with Crippen LogP contribution in [0.5, 0.6) is 0 Å². The lowest BCUT2D eigenvalue weighted by molar-refractivity contribution is -0.133. The first-order chi connectivity index (χ1) is 10.7. The number of nitrogens with zero attached hydrogens (tertiary/aromatic N) is 5. The van der Waals surface area contributed by atoms with Crippen molar-refractivity contribution in [3.05, 3.63) is 12.7 Å². The normalized spacial score (nSPS) is 32.2. The van der Waals surface area contributed by atoms with Crippen LogP contribution in [0.1, 0.15) is 32.6 Å². The number of fused-ring (bicyclic) bond motifs is 1. The molecule has 1 amide bonds. The third kappa shape index (κ3) is 2.76. The lowest BCUT2D eigenvalue weighted by Gasteiger charge is -2.38. The van der Waals surface area contributed by atoms with Gasteiger partial charge in [-0.15, -0.1) is 0 Å². The fraction of sp³-hybridized carbons (Fsp3) is 0.812. The molecule has 6 nitrogen and oxygen atoms in total. The van der Waals surface area contributed by atoms with E-state index in [9.17, 15) is 4.79 Å². The van der Waals surface area contributed by atoms with Gasteiger partial charge in [-0.05, 0) is 37.5 Å². The van der Waals surface area contributed by atoms with Gasteiger partial charge in [0.1, 0.15) is 12.7 Å². The molecule has 6 heteroatoms. The fourth-order valence-electron chi connectivity index (χ4n) is 4.45. The summed E-state index contributed by atoms with van der Waals surface area (Å²) in [5, 5.41) is 4.21. The Hall–Kier alpha value is -1.43. The molecule has 1 saturated carbocycles. The monoisotopic (exact) mass is 303 g/mol. The average Bonchev–Trinajstić information content (AvgIpc) is 3.01. The second-order valence-corrected chi connectivity index (χ2v) is 7.25. The van der Waals surface area contributed by atoms with Crippen LogP contribution in [0.3, 0.4) is 0 Å². The summed E-state index contributed by atoms with van der Waals surface area (Å²) in [6, 6.07) is 0.705. The zero-order chi connectivity index (χ0) is 15.1. The summed E-state index contributed by atoms with van der Waals surface area (Å²) in [5.74, 6) is 1.80. The van der Waals surface area contributed by atoms with Crippen LogP contribution in [0.15, 0.2) is 12.7 Å². The van der Waals surface area contributed by atoms with Gasteiger partial charge in [-0.3, -0.25) is 9.48 Å². The highest BCUT2D eigenvalue weighted by Crippen LogP contribution is 2.38. The first kappa shape index (κ1) is 14.2. The van der Waals surface area contributed by atoms with E-state index in [0.717, 1.165) is 31.8 Å². The summed E-state index contributed by atoms with van der Waals surface area (Å²) in [5.41, 5.74) is 0. The van der Waals surface area contributed by atoms with Crippen molar-refractivity contribution in [2.45, 2.75) is 51.2 Å². The van der Waals surface area contributed by atoms with Gasteiger partial charge in [0.15, 0.2) is 0 Å². The van der Waals surface area contributed by atoms with Crippen molar-refractivity contribution in [1.82, 2.24) is 24.6 Å². The van der Waals surface area contributed by atoms with Gasteiger partial charge in [-0.2, -0.15) is 5.10 Å². The van der Waals surface area contributed by atoms with Gasteiger partial charge in [0.05, 0.1) is 12.6 Å². The molecular weight excluding hydrogens is 278 g/mol. The molecule has 3 heterocycles. The number of hydrogen-bond acceptors (Lipinski definition) is 4. The number of hydrogen-bond donors (Lipinski definition) is 0. The fourth-order valence-corrected chi connectivity index (χ4v) is 4.45. The molecule has 0 aromatic carbocycles. The summed E-state index contributed by atoms with van der Waals surface area (Å²) >= 11 is 0. The summed E-state index contributed by atoms with van der Waals surface area (Å²) in [7, 11) is 0. The molecule has 0 spiro atoms. The smallest absolute Gasteiger partial charge is 0.220 e. The molecule has 3 aliphatic rings. The molecule has 22 heavy (non-hydrogen) atoms. The van der Waals surface area contributed by atoms with E-state index < -0.39 is 0 Å². The Labute approximate surface area is 131 Å². The van der Waals surface area contributed by atoms with Crippen LogP contribution in [-0.4, -0.2) is 62.2 Å². The number of piperidine rings is 1. The second kappa shape index (κ2) is 5.65. The molecule has 1 aromatic rings. The van der Waals surface area contributed by atoms with Crippen molar-refractivity contribution >= 4 is 5.91 Å². The Balaban J connectivity index is 1.45. The van der Waals surface area contributed by atoms with Crippen LogP contribution < -0.4 is 0 Å². The molecule has 4 rings (SSSR count). The largest absolute Gasteiger partial charge is 0.335 e. The Morgan fingerprint density at radius 3 is 2.82 bits per heavy atom. The zero-order valence-corrected chi connectivity index (χ0v) is 13.3. The second-order valence-electron chi connectivity index (χ2n) is 7.25. The van der Waals surface area contributed by atoms with Crippen molar-refractivity contribution in [2.75, 3.05) is 19.6 Å². The van der Waals surface area contributed by atoms with E-state index in [1.165, 1.54) is 25.9 Å². The Morgan fingerprint density at radius 2 is 2.14 bits per heavy atom. The Kier molecular flexibility index (Phi) is 3.64. The summed E-state index contributed by atoms with van der Waals surface area (Å²) in [6.07, 6.45) is 8.38. The number of carbonyl (C=O) groups excluding carboxylic acids is 1. The molecular formula is C16H25N5O. The molecule has 1 aromatic heterocycles. The highest BCUT2D eigenvalue weighted by atomic mass is 16.2. The van der Waals surface area contributed by atoms with E-state index in [-0.39, 0.29) is 11.9 Å². The first-order valence-electron chi connectivity index (χ1n) is 8.54. The third-order valence-electron chi connectivity index (χ3n) is 5.54. The number of aromatic nitrogens is 3. The molecule has 2 saturated heterocycles. The van der Waals surface area contributed by atoms with Gasteiger partial charge in [0.2, 0.25) is 5.91 Å². The van der Waals surface area contributed by atoms with Crippen molar-refractivity contribution in [3.63, 3.8) is 0 Å². The number of carbonyl (C=O) groups is 1. The Morgan fingerprint density at radius 1 is 1.27 bits per heavy atom. The molecule has 3 fully saturated rings. The quantitative estimate of drug-likeness (QED) is 0.833. The maximum Gasteiger partial charge on any atom is 0.220 e. The highest BCUT2D eigenvalue weighted by Gasteiger charge is 2.45. The topological polar surface area (TPSA) is 54.3 Å². The van der Waals surface area contributed by atoms with Crippen LogP contribution in [0, 0.1) is 11.8 Å². The van der Waals surface area contributed by atoms with Crippen LogP contribution in [0.4, 0.5) is 0 Å². The van der Waals surface area contributed by atoms with Crippen molar-refractivity contribution in [1.29, 1.82) is 0 Å². The van der Waals surface area contributed by atoms with Gasteiger partial charge in [0, 0.05) is 32.6 Å². The van der Waals surface area contributed by atoms with Gasteiger partial charge in [-0.25, -0.2) is 4.98 Å².